The summed E-state index contributed by atoms with van der Waals surface area (Å²) in [6.45, 7) is 0. The van der Waals surface area contributed by atoms with Gasteiger partial charge in [-0.1, -0.05) is 12.1 Å². The van der Waals surface area contributed by atoms with E-state index in [1.807, 2.05) is 30.5 Å². The van der Waals surface area contributed by atoms with Crippen molar-refractivity contribution in [2.45, 2.75) is 12.3 Å². The van der Waals surface area contributed by atoms with Crippen LogP contribution in [-0.4, -0.2) is 15.0 Å². The van der Waals surface area contributed by atoms with E-state index in [-0.39, 0.29) is 11.7 Å². The van der Waals surface area contributed by atoms with Crippen LogP contribution in [0.4, 0.5) is 10.2 Å². The third kappa shape index (κ3) is 2.17. The molecule has 1 aromatic carbocycles. The van der Waals surface area contributed by atoms with Gasteiger partial charge in [0, 0.05) is 41.7 Å². The lowest BCUT2D eigenvalue weighted by Gasteiger charge is -2.29. The zero-order valence-electron chi connectivity index (χ0n) is 13.9. The van der Waals surface area contributed by atoms with Crippen molar-refractivity contribution in [2.75, 3.05) is 5.73 Å². The van der Waals surface area contributed by atoms with Crippen molar-refractivity contribution >= 4 is 16.6 Å². The van der Waals surface area contributed by atoms with Crippen LogP contribution in [0.1, 0.15) is 22.6 Å². The molecule has 0 radical (unpaired) electrons. The van der Waals surface area contributed by atoms with E-state index < -0.39 is 0 Å². The third-order valence-corrected chi connectivity index (χ3v) is 5.09. The molecule has 1 atom stereocenters. The van der Waals surface area contributed by atoms with E-state index in [2.05, 4.69) is 9.97 Å². The summed E-state index contributed by atoms with van der Waals surface area (Å²) in [5.41, 5.74) is 11.4. The van der Waals surface area contributed by atoms with Gasteiger partial charge < -0.3 is 5.73 Å². The van der Waals surface area contributed by atoms with Crippen LogP contribution in [0, 0.1) is 5.82 Å². The van der Waals surface area contributed by atoms with Gasteiger partial charge >= 0.3 is 0 Å². The average Bonchev–Trinajstić information content (AvgIpc) is 2.68. The Labute approximate surface area is 149 Å². The molecule has 2 N–H and O–H groups in total. The van der Waals surface area contributed by atoms with Gasteiger partial charge in [-0.25, -0.2) is 9.37 Å². The van der Waals surface area contributed by atoms with Gasteiger partial charge in [-0.15, -0.1) is 0 Å². The fourth-order valence-electron chi connectivity index (χ4n) is 3.88. The van der Waals surface area contributed by atoms with E-state index in [4.69, 9.17) is 10.7 Å². The molecule has 1 aliphatic rings. The van der Waals surface area contributed by atoms with Crippen molar-refractivity contribution in [3.8, 4) is 11.3 Å². The Kier molecular flexibility index (Phi) is 3.22. The minimum atomic E-state index is -0.237. The zero-order chi connectivity index (χ0) is 17.7. The molecule has 4 aromatic rings. The Morgan fingerprint density at radius 1 is 0.923 bits per heavy atom. The minimum Gasteiger partial charge on any atom is -0.383 e. The molecule has 0 spiro atoms. The molecular formula is C21H15FN4. The van der Waals surface area contributed by atoms with E-state index in [0.717, 1.165) is 39.6 Å². The molecule has 5 rings (SSSR count). The van der Waals surface area contributed by atoms with E-state index in [1.54, 1.807) is 18.6 Å². The zero-order valence-corrected chi connectivity index (χ0v) is 13.9. The Balaban J connectivity index is 1.86. The molecule has 4 nitrogen and oxygen atoms in total. The standard InChI is InChI=1S/C21H15FN4/c22-14-3-1-12(2-4-14)16-9-13-5-7-24-10-17(13)20-19(16)15-6-8-25-11-18(15)21(23)26-20/h1-8,10-11,16H,9H2,(H2,23,26). The summed E-state index contributed by atoms with van der Waals surface area (Å²) < 4.78 is 13.4. The number of aromatic nitrogens is 3. The second-order valence-corrected chi connectivity index (χ2v) is 6.52. The first kappa shape index (κ1) is 15.0. The van der Waals surface area contributed by atoms with Crippen LogP contribution in [0.5, 0.6) is 0 Å². The third-order valence-electron chi connectivity index (χ3n) is 5.09. The molecule has 0 saturated heterocycles. The number of halogens is 1. The van der Waals surface area contributed by atoms with Crippen LogP contribution < -0.4 is 5.73 Å². The Hall–Kier alpha value is -3.34. The normalized spacial score (nSPS) is 15.5. The lowest BCUT2D eigenvalue weighted by atomic mass is 9.76. The quantitative estimate of drug-likeness (QED) is 0.565. The predicted octanol–water partition coefficient (Wildman–Crippen LogP) is 4.10. The number of rotatable bonds is 1. The van der Waals surface area contributed by atoms with Crippen molar-refractivity contribution in [3.05, 3.63) is 83.7 Å². The maximum Gasteiger partial charge on any atom is 0.133 e. The number of nitrogens with zero attached hydrogens (tertiary/aromatic N) is 3. The minimum absolute atomic E-state index is 0.0681. The van der Waals surface area contributed by atoms with Gasteiger partial charge in [-0.05, 0) is 52.8 Å². The Morgan fingerprint density at radius 2 is 1.69 bits per heavy atom. The highest BCUT2D eigenvalue weighted by Crippen LogP contribution is 2.45. The molecule has 3 heterocycles. The van der Waals surface area contributed by atoms with Crippen LogP contribution in [0.25, 0.3) is 22.0 Å². The van der Waals surface area contributed by atoms with Gasteiger partial charge in [0.1, 0.15) is 11.6 Å². The molecule has 26 heavy (non-hydrogen) atoms. The molecular weight excluding hydrogens is 327 g/mol. The topological polar surface area (TPSA) is 64.7 Å². The number of hydrogen-bond donors (Lipinski definition) is 1. The average molecular weight is 342 g/mol. The van der Waals surface area contributed by atoms with Crippen LogP contribution in [-0.2, 0) is 6.42 Å². The summed E-state index contributed by atoms with van der Waals surface area (Å²) in [5.74, 6) is 0.291. The van der Waals surface area contributed by atoms with Crippen molar-refractivity contribution in [3.63, 3.8) is 0 Å². The maximum atomic E-state index is 13.4. The number of fused-ring (bicyclic) bond motifs is 5. The summed E-state index contributed by atoms with van der Waals surface area (Å²) in [7, 11) is 0. The summed E-state index contributed by atoms with van der Waals surface area (Å²) in [6, 6.07) is 10.7. The molecule has 1 unspecified atom stereocenters. The Morgan fingerprint density at radius 3 is 2.54 bits per heavy atom. The predicted molar refractivity (Wildman–Crippen MR) is 99.1 cm³/mol. The molecule has 0 saturated carbocycles. The maximum absolute atomic E-state index is 13.4. The fourth-order valence-corrected chi connectivity index (χ4v) is 3.88. The molecule has 0 aliphatic heterocycles. The van der Waals surface area contributed by atoms with Gasteiger partial charge in [0.15, 0.2) is 0 Å². The highest BCUT2D eigenvalue weighted by Gasteiger charge is 2.30. The summed E-state index contributed by atoms with van der Waals surface area (Å²) in [4.78, 5) is 13.2. The van der Waals surface area contributed by atoms with Crippen LogP contribution in [0.3, 0.4) is 0 Å². The number of nitrogen functional groups attached to an aromatic ring is 1. The van der Waals surface area contributed by atoms with Gasteiger partial charge in [-0.3, -0.25) is 9.97 Å². The van der Waals surface area contributed by atoms with Crippen LogP contribution >= 0.6 is 0 Å². The van der Waals surface area contributed by atoms with Crippen molar-refractivity contribution in [1.29, 1.82) is 0 Å². The lowest BCUT2D eigenvalue weighted by molar-refractivity contribution is 0.626. The van der Waals surface area contributed by atoms with E-state index >= 15 is 0 Å². The van der Waals surface area contributed by atoms with Gasteiger partial charge in [0.2, 0.25) is 0 Å². The highest BCUT2D eigenvalue weighted by molar-refractivity contribution is 5.98. The second kappa shape index (κ2) is 5.59. The largest absolute Gasteiger partial charge is 0.383 e. The summed E-state index contributed by atoms with van der Waals surface area (Å²) >= 11 is 0. The molecule has 5 heteroatoms. The summed E-state index contributed by atoms with van der Waals surface area (Å²) in [5, 5.41) is 1.87. The monoisotopic (exact) mass is 342 g/mol. The first-order chi connectivity index (χ1) is 12.7. The van der Waals surface area contributed by atoms with Crippen LogP contribution in [0.15, 0.2) is 61.2 Å². The van der Waals surface area contributed by atoms with Crippen molar-refractivity contribution in [2.24, 2.45) is 0 Å². The smallest absolute Gasteiger partial charge is 0.133 e. The summed E-state index contributed by atoms with van der Waals surface area (Å²) in [6.07, 6.45) is 7.95. The van der Waals surface area contributed by atoms with Crippen LogP contribution in [0.2, 0.25) is 0 Å². The first-order valence-electron chi connectivity index (χ1n) is 8.44. The van der Waals surface area contributed by atoms with Crippen molar-refractivity contribution < 1.29 is 4.39 Å². The highest BCUT2D eigenvalue weighted by atomic mass is 19.1. The number of nitrogens with two attached hydrogens (primary N) is 1. The SMILES string of the molecule is Nc1nc2c(c3ccncc13)C(c1ccc(F)cc1)Cc1ccncc1-2. The van der Waals surface area contributed by atoms with E-state index in [9.17, 15) is 4.39 Å². The Bertz CT molecular complexity index is 1140. The number of pyridine rings is 3. The van der Waals surface area contributed by atoms with Crippen molar-refractivity contribution in [1.82, 2.24) is 15.0 Å². The first-order valence-corrected chi connectivity index (χ1v) is 8.44. The van der Waals surface area contributed by atoms with E-state index in [0.29, 0.717) is 5.82 Å². The molecule has 126 valence electrons. The molecule has 0 fully saturated rings. The number of anilines is 1. The number of hydrogen-bond acceptors (Lipinski definition) is 4. The molecule has 1 aliphatic carbocycles. The number of benzene rings is 1. The van der Waals surface area contributed by atoms with E-state index in [1.165, 1.54) is 17.7 Å². The van der Waals surface area contributed by atoms with Gasteiger partial charge in [-0.2, -0.15) is 0 Å². The van der Waals surface area contributed by atoms with Gasteiger partial charge in [0.05, 0.1) is 5.69 Å². The lowest BCUT2D eigenvalue weighted by Crippen LogP contribution is -2.16. The second-order valence-electron chi connectivity index (χ2n) is 6.52. The van der Waals surface area contributed by atoms with Gasteiger partial charge in [0.25, 0.3) is 0 Å². The fraction of sp³-hybridized carbons (Fsp3) is 0.0952. The molecule has 0 amide bonds. The molecule has 0 bridgehead atoms. The molecule has 3 aromatic heterocycles.